The molecule has 0 bridgehead atoms. The molecule has 1 aliphatic rings. The van der Waals surface area contributed by atoms with E-state index < -0.39 is 0 Å². The van der Waals surface area contributed by atoms with Gasteiger partial charge in [-0.2, -0.15) is 0 Å². The summed E-state index contributed by atoms with van der Waals surface area (Å²) in [6.45, 7) is 2.77. The fourth-order valence-electron chi connectivity index (χ4n) is 1.45. The van der Waals surface area contributed by atoms with Gasteiger partial charge in [0.05, 0.1) is 11.4 Å². The predicted octanol–water partition coefficient (Wildman–Crippen LogP) is 1.52. The van der Waals surface area contributed by atoms with Crippen molar-refractivity contribution in [3.05, 3.63) is 21.9 Å². The molecule has 2 amide bonds. The molecule has 5 heteroatoms. The second-order valence-corrected chi connectivity index (χ2v) is 5.50. The third-order valence-corrected chi connectivity index (χ3v) is 3.73. The maximum atomic E-state index is 11.7. The van der Waals surface area contributed by atoms with Gasteiger partial charge in [-0.3, -0.25) is 9.59 Å². The Morgan fingerprint density at radius 3 is 2.76 bits per heavy atom. The Bertz CT molecular complexity index is 424. The number of carbonyl (C=O) groups is 2. The Labute approximate surface area is 104 Å². The molecule has 0 aromatic carbocycles. The van der Waals surface area contributed by atoms with Crippen molar-refractivity contribution in [2.24, 2.45) is 5.92 Å². The summed E-state index contributed by atoms with van der Waals surface area (Å²) in [5, 5.41) is 5.64. The Kier molecular flexibility index (Phi) is 3.78. The SMILES string of the molecule is CC(=O)NCc1ccc(C(=O)NCC2CC2)s1. The summed E-state index contributed by atoms with van der Waals surface area (Å²) in [6.07, 6.45) is 2.47. The summed E-state index contributed by atoms with van der Waals surface area (Å²) in [5.41, 5.74) is 0. The molecule has 0 saturated heterocycles. The normalized spacial score (nSPS) is 14.4. The first kappa shape index (κ1) is 12.1. The molecule has 0 spiro atoms. The zero-order valence-corrected chi connectivity index (χ0v) is 10.6. The number of hydrogen-bond donors (Lipinski definition) is 2. The standard InChI is InChI=1S/C12H16N2O2S/c1-8(15)13-7-10-4-5-11(17-10)12(16)14-6-9-2-3-9/h4-5,9H,2-3,6-7H2,1H3,(H,13,15)(H,14,16). The van der Waals surface area contributed by atoms with E-state index in [2.05, 4.69) is 10.6 Å². The lowest BCUT2D eigenvalue weighted by Crippen LogP contribution is -2.24. The van der Waals surface area contributed by atoms with Crippen molar-refractivity contribution in [2.45, 2.75) is 26.3 Å². The van der Waals surface area contributed by atoms with Crippen LogP contribution in [0.25, 0.3) is 0 Å². The smallest absolute Gasteiger partial charge is 0.261 e. The lowest BCUT2D eigenvalue weighted by Gasteiger charge is -2.01. The molecule has 17 heavy (non-hydrogen) atoms. The summed E-state index contributed by atoms with van der Waals surface area (Å²) in [6, 6.07) is 3.69. The topological polar surface area (TPSA) is 58.2 Å². The maximum absolute atomic E-state index is 11.7. The molecule has 1 fully saturated rings. The number of nitrogens with one attached hydrogen (secondary N) is 2. The molecule has 1 aromatic rings. The van der Waals surface area contributed by atoms with Crippen molar-refractivity contribution in [2.75, 3.05) is 6.54 Å². The van der Waals surface area contributed by atoms with Gasteiger partial charge in [0.25, 0.3) is 5.91 Å². The first-order valence-corrected chi connectivity index (χ1v) is 6.58. The zero-order valence-electron chi connectivity index (χ0n) is 9.79. The van der Waals surface area contributed by atoms with E-state index in [-0.39, 0.29) is 11.8 Å². The number of carbonyl (C=O) groups excluding carboxylic acids is 2. The summed E-state index contributed by atoms with van der Waals surface area (Å²) >= 11 is 1.43. The Hall–Kier alpha value is -1.36. The number of amides is 2. The molecule has 0 aliphatic heterocycles. The zero-order chi connectivity index (χ0) is 12.3. The van der Waals surface area contributed by atoms with Crippen LogP contribution in [0.3, 0.4) is 0 Å². The van der Waals surface area contributed by atoms with E-state index in [1.807, 2.05) is 12.1 Å². The highest BCUT2D eigenvalue weighted by Crippen LogP contribution is 2.27. The first-order valence-electron chi connectivity index (χ1n) is 5.76. The van der Waals surface area contributed by atoms with Crippen LogP contribution in [0.1, 0.15) is 34.3 Å². The molecule has 1 aromatic heterocycles. The predicted molar refractivity (Wildman–Crippen MR) is 66.9 cm³/mol. The number of hydrogen-bond acceptors (Lipinski definition) is 3. The van der Waals surface area contributed by atoms with Crippen molar-refractivity contribution in [3.63, 3.8) is 0 Å². The molecule has 0 radical (unpaired) electrons. The van der Waals surface area contributed by atoms with Crippen LogP contribution in [0, 0.1) is 5.92 Å². The molecular weight excluding hydrogens is 236 g/mol. The molecule has 1 saturated carbocycles. The van der Waals surface area contributed by atoms with E-state index in [9.17, 15) is 9.59 Å². The summed E-state index contributed by atoms with van der Waals surface area (Å²) in [5.74, 6) is 0.631. The van der Waals surface area contributed by atoms with Crippen molar-refractivity contribution in [1.29, 1.82) is 0 Å². The summed E-state index contributed by atoms with van der Waals surface area (Å²) < 4.78 is 0. The van der Waals surface area contributed by atoms with Crippen LogP contribution in [-0.2, 0) is 11.3 Å². The molecule has 0 atom stereocenters. The van der Waals surface area contributed by atoms with Crippen LogP contribution in [0.15, 0.2) is 12.1 Å². The largest absolute Gasteiger partial charge is 0.351 e. The highest BCUT2D eigenvalue weighted by atomic mass is 32.1. The highest BCUT2D eigenvalue weighted by molar-refractivity contribution is 7.14. The summed E-state index contributed by atoms with van der Waals surface area (Å²) in [4.78, 5) is 24.2. The van der Waals surface area contributed by atoms with Gasteiger partial charge in [0.15, 0.2) is 0 Å². The molecule has 92 valence electrons. The maximum Gasteiger partial charge on any atom is 0.261 e. The first-order chi connectivity index (χ1) is 8.15. The van der Waals surface area contributed by atoms with Gasteiger partial charge in [0.1, 0.15) is 0 Å². The highest BCUT2D eigenvalue weighted by Gasteiger charge is 2.22. The van der Waals surface area contributed by atoms with Gasteiger partial charge in [-0.25, -0.2) is 0 Å². The lowest BCUT2D eigenvalue weighted by molar-refractivity contribution is -0.119. The average molecular weight is 252 g/mol. The minimum atomic E-state index is -0.0573. The Morgan fingerprint density at radius 1 is 1.35 bits per heavy atom. The minimum absolute atomic E-state index is 0.00373. The van der Waals surface area contributed by atoms with Gasteiger partial charge in [-0.1, -0.05) is 0 Å². The third kappa shape index (κ3) is 3.85. The monoisotopic (exact) mass is 252 g/mol. The van der Waals surface area contributed by atoms with E-state index in [0.29, 0.717) is 17.3 Å². The van der Waals surface area contributed by atoms with E-state index >= 15 is 0 Å². The van der Waals surface area contributed by atoms with Gasteiger partial charge < -0.3 is 10.6 Å². The van der Waals surface area contributed by atoms with Gasteiger partial charge >= 0.3 is 0 Å². The van der Waals surface area contributed by atoms with Crippen LogP contribution in [-0.4, -0.2) is 18.4 Å². The van der Waals surface area contributed by atoms with Crippen molar-refractivity contribution >= 4 is 23.2 Å². The van der Waals surface area contributed by atoms with Crippen molar-refractivity contribution in [1.82, 2.24) is 10.6 Å². The van der Waals surface area contributed by atoms with E-state index in [0.717, 1.165) is 11.4 Å². The van der Waals surface area contributed by atoms with Crippen LogP contribution >= 0.6 is 11.3 Å². The van der Waals surface area contributed by atoms with Gasteiger partial charge in [0.2, 0.25) is 5.91 Å². The minimum Gasteiger partial charge on any atom is -0.351 e. The van der Waals surface area contributed by atoms with E-state index in [4.69, 9.17) is 0 Å². The fourth-order valence-corrected chi connectivity index (χ4v) is 2.32. The van der Waals surface area contributed by atoms with Gasteiger partial charge in [0, 0.05) is 18.3 Å². The van der Waals surface area contributed by atoms with Crippen LogP contribution < -0.4 is 10.6 Å². The number of thiophene rings is 1. The second-order valence-electron chi connectivity index (χ2n) is 4.33. The van der Waals surface area contributed by atoms with Crippen molar-refractivity contribution in [3.8, 4) is 0 Å². The molecule has 0 unspecified atom stereocenters. The molecule has 4 nitrogen and oxygen atoms in total. The molecular formula is C12H16N2O2S. The van der Waals surface area contributed by atoms with Gasteiger partial charge in [-0.05, 0) is 30.9 Å². The lowest BCUT2D eigenvalue weighted by atomic mass is 10.3. The quantitative estimate of drug-likeness (QED) is 0.835. The third-order valence-electron chi connectivity index (χ3n) is 2.65. The second kappa shape index (κ2) is 5.31. The Morgan fingerprint density at radius 2 is 2.12 bits per heavy atom. The molecule has 2 rings (SSSR count). The van der Waals surface area contributed by atoms with Crippen molar-refractivity contribution < 1.29 is 9.59 Å². The molecule has 2 N–H and O–H groups in total. The van der Waals surface area contributed by atoms with E-state index in [1.165, 1.54) is 31.1 Å². The average Bonchev–Trinajstić information content (AvgIpc) is 3.00. The van der Waals surface area contributed by atoms with Crippen LogP contribution in [0.4, 0.5) is 0 Å². The van der Waals surface area contributed by atoms with Crippen LogP contribution in [0.2, 0.25) is 0 Å². The Balaban J connectivity index is 1.83. The van der Waals surface area contributed by atoms with Crippen LogP contribution in [0.5, 0.6) is 0 Å². The number of rotatable bonds is 5. The summed E-state index contributed by atoms with van der Waals surface area (Å²) in [7, 11) is 0. The molecule has 1 aliphatic carbocycles. The molecule has 1 heterocycles. The fraction of sp³-hybridized carbons (Fsp3) is 0.500. The van der Waals surface area contributed by atoms with E-state index in [1.54, 1.807) is 0 Å². The van der Waals surface area contributed by atoms with Gasteiger partial charge in [-0.15, -0.1) is 11.3 Å².